The number of anilines is 2. The molecule has 192 valence electrons. The number of hydrogen-bond acceptors (Lipinski definition) is 6. The van der Waals surface area contributed by atoms with E-state index < -0.39 is 17.2 Å². The fourth-order valence-corrected chi connectivity index (χ4v) is 5.50. The fourth-order valence-electron chi connectivity index (χ4n) is 5.50. The van der Waals surface area contributed by atoms with Gasteiger partial charge in [-0.05, 0) is 91.8 Å². The van der Waals surface area contributed by atoms with Gasteiger partial charge >= 0.3 is 0 Å². The number of pyridine rings is 1. The molecule has 9 heteroatoms. The number of nitrogens with two attached hydrogens (primary N) is 1. The highest BCUT2D eigenvalue weighted by molar-refractivity contribution is 5.66. The highest BCUT2D eigenvalue weighted by Crippen LogP contribution is 2.44. The van der Waals surface area contributed by atoms with Crippen molar-refractivity contribution in [1.29, 1.82) is 0 Å². The summed E-state index contributed by atoms with van der Waals surface area (Å²) in [5, 5.41) is 18.6. The predicted molar refractivity (Wildman–Crippen MR) is 138 cm³/mol. The molecule has 6 rings (SSSR count). The van der Waals surface area contributed by atoms with E-state index in [0.717, 1.165) is 30.5 Å². The lowest BCUT2D eigenvalue weighted by Crippen LogP contribution is -2.54. The van der Waals surface area contributed by atoms with Gasteiger partial charge in [-0.3, -0.25) is 4.98 Å². The van der Waals surface area contributed by atoms with Crippen molar-refractivity contribution >= 4 is 17.2 Å². The van der Waals surface area contributed by atoms with E-state index in [0.29, 0.717) is 23.4 Å². The van der Waals surface area contributed by atoms with E-state index in [9.17, 15) is 13.9 Å². The van der Waals surface area contributed by atoms with E-state index in [1.807, 2.05) is 13.0 Å². The quantitative estimate of drug-likeness (QED) is 0.342. The Kier molecular flexibility index (Phi) is 5.72. The number of nitrogens with zero attached hydrogens (tertiary/aromatic N) is 4. The number of aliphatic hydroxyl groups is 1. The molecule has 0 saturated heterocycles. The molecule has 3 aromatic heterocycles. The molecule has 4 aromatic rings. The first-order valence-electron chi connectivity index (χ1n) is 12.8. The van der Waals surface area contributed by atoms with Crippen LogP contribution in [0.4, 0.5) is 20.4 Å². The van der Waals surface area contributed by atoms with E-state index in [4.69, 9.17) is 5.73 Å². The summed E-state index contributed by atoms with van der Waals surface area (Å²) < 4.78 is 31.5. The number of imidazole rings is 1. The Hall–Kier alpha value is -3.43. The van der Waals surface area contributed by atoms with Crippen LogP contribution in [0.5, 0.6) is 0 Å². The van der Waals surface area contributed by atoms with Crippen LogP contribution in [0.1, 0.15) is 62.5 Å². The van der Waals surface area contributed by atoms with Gasteiger partial charge < -0.3 is 16.2 Å². The van der Waals surface area contributed by atoms with Gasteiger partial charge in [0, 0.05) is 12.2 Å². The molecular formula is C28H30F2N6O. The van der Waals surface area contributed by atoms with E-state index in [-0.39, 0.29) is 35.1 Å². The Morgan fingerprint density at radius 1 is 1.08 bits per heavy atom. The van der Waals surface area contributed by atoms with Crippen LogP contribution in [-0.4, -0.2) is 36.3 Å². The van der Waals surface area contributed by atoms with Crippen molar-refractivity contribution in [2.24, 2.45) is 11.7 Å². The van der Waals surface area contributed by atoms with Crippen molar-refractivity contribution in [3.63, 3.8) is 0 Å². The summed E-state index contributed by atoms with van der Waals surface area (Å²) in [6, 6.07) is 7.78. The van der Waals surface area contributed by atoms with Gasteiger partial charge in [0.1, 0.15) is 11.6 Å². The monoisotopic (exact) mass is 504 g/mol. The number of hydrogen-bond donors (Lipinski definition) is 3. The number of nitrogens with one attached hydrogen (secondary N) is 1. The van der Waals surface area contributed by atoms with E-state index in [1.54, 1.807) is 42.2 Å². The van der Waals surface area contributed by atoms with E-state index in [1.165, 1.54) is 12.1 Å². The van der Waals surface area contributed by atoms with Crippen molar-refractivity contribution in [3.8, 4) is 11.3 Å². The first-order valence-corrected chi connectivity index (χ1v) is 12.8. The van der Waals surface area contributed by atoms with Gasteiger partial charge in [0.05, 0.1) is 40.5 Å². The maximum atomic E-state index is 15.0. The minimum atomic E-state index is -0.919. The maximum Gasteiger partial charge on any atom is 0.229 e. The van der Waals surface area contributed by atoms with Crippen LogP contribution in [0.25, 0.3) is 16.8 Å². The summed E-state index contributed by atoms with van der Waals surface area (Å²) in [6.45, 7) is 3.82. The van der Waals surface area contributed by atoms with Crippen molar-refractivity contribution in [2.75, 3.05) is 5.32 Å². The maximum absolute atomic E-state index is 15.0. The zero-order valence-electron chi connectivity index (χ0n) is 20.8. The third-order valence-electron chi connectivity index (χ3n) is 8.22. The Morgan fingerprint density at radius 3 is 2.54 bits per heavy atom. The van der Waals surface area contributed by atoms with Crippen LogP contribution in [-0.2, 0) is 0 Å². The zero-order valence-corrected chi connectivity index (χ0v) is 20.8. The third kappa shape index (κ3) is 4.26. The Labute approximate surface area is 213 Å². The molecule has 0 spiro atoms. The standard InChI is InChI=1S/C28H30F2N6O/c1-15-9-18(12-25(31)28(15,2)37)20-7-8-32-14-24(20)34-27-33-13-19-5-6-23(35-36(19)27)26-21(29)10-17(11-22(26)30)16-3-4-16/h5-8,10-11,13-16,18,25,37H,3-4,9,12,31H2,1-2H3,(H,33,34). The molecule has 0 radical (unpaired) electrons. The lowest BCUT2D eigenvalue weighted by atomic mass is 9.68. The minimum Gasteiger partial charge on any atom is -0.388 e. The number of fused-ring (bicyclic) bond motifs is 1. The average molecular weight is 505 g/mol. The highest BCUT2D eigenvalue weighted by atomic mass is 19.1. The first-order chi connectivity index (χ1) is 17.7. The molecule has 37 heavy (non-hydrogen) atoms. The lowest BCUT2D eigenvalue weighted by molar-refractivity contribution is -0.0463. The van der Waals surface area contributed by atoms with Gasteiger partial charge in [0.15, 0.2) is 0 Å². The summed E-state index contributed by atoms with van der Waals surface area (Å²) in [7, 11) is 0. The predicted octanol–water partition coefficient (Wildman–Crippen LogP) is 5.28. The highest BCUT2D eigenvalue weighted by Gasteiger charge is 2.42. The van der Waals surface area contributed by atoms with Crippen LogP contribution in [0.3, 0.4) is 0 Å². The molecule has 0 amide bonds. The average Bonchev–Trinajstić information content (AvgIpc) is 3.64. The lowest BCUT2D eigenvalue weighted by Gasteiger charge is -2.44. The molecule has 4 N–H and O–H groups in total. The number of rotatable bonds is 5. The molecule has 2 fully saturated rings. The molecule has 0 aliphatic heterocycles. The van der Waals surface area contributed by atoms with Crippen molar-refractivity contribution in [1.82, 2.24) is 19.6 Å². The molecule has 1 aromatic carbocycles. The largest absolute Gasteiger partial charge is 0.388 e. The summed E-state index contributed by atoms with van der Waals surface area (Å²) in [5.74, 6) is -0.428. The van der Waals surface area contributed by atoms with Gasteiger partial charge in [0.2, 0.25) is 5.95 Å². The number of aromatic nitrogens is 4. The Balaban J connectivity index is 1.34. The Bertz CT molecular complexity index is 1440. The summed E-state index contributed by atoms with van der Waals surface area (Å²) in [4.78, 5) is 8.75. The molecule has 2 aliphatic rings. The van der Waals surface area contributed by atoms with Crippen LogP contribution in [0.15, 0.2) is 48.9 Å². The molecule has 3 heterocycles. The van der Waals surface area contributed by atoms with E-state index in [2.05, 4.69) is 20.4 Å². The molecule has 2 aliphatic carbocycles. The van der Waals surface area contributed by atoms with Crippen LogP contribution >= 0.6 is 0 Å². The second kappa shape index (κ2) is 8.85. The summed E-state index contributed by atoms with van der Waals surface area (Å²) >= 11 is 0. The molecule has 7 nitrogen and oxygen atoms in total. The second-order valence-corrected chi connectivity index (χ2v) is 10.8. The van der Waals surface area contributed by atoms with Gasteiger partial charge in [-0.2, -0.15) is 9.61 Å². The first kappa shape index (κ1) is 23.9. The van der Waals surface area contributed by atoms with Crippen LogP contribution < -0.4 is 11.1 Å². The smallest absolute Gasteiger partial charge is 0.229 e. The van der Waals surface area contributed by atoms with Gasteiger partial charge in [-0.25, -0.2) is 13.8 Å². The molecule has 4 atom stereocenters. The topological polar surface area (TPSA) is 101 Å². The second-order valence-electron chi connectivity index (χ2n) is 10.8. The van der Waals surface area contributed by atoms with E-state index >= 15 is 0 Å². The number of benzene rings is 1. The van der Waals surface area contributed by atoms with Crippen LogP contribution in [0.2, 0.25) is 0 Å². The summed E-state index contributed by atoms with van der Waals surface area (Å²) in [6.07, 6.45) is 8.45. The fraction of sp³-hybridized carbons (Fsp3) is 0.393. The minimum absolute atomic E-state index is 0.0230. The Morgan fingerprint density at radius 2 is 1.84 bits per heavy atom. The third-order valence-corrected chi connectivity index (χ3v) is 8.22. The van der Waals surface area contributed by atoms with Crippen molar-refractivity contribution < 1.29 is 13.9 Å². The summed E-state index contributed by atoms with van der Waals surface area (Å²) in [5.41, 5.74) is 8.61. The van der Waals surface area contributed by atoms with Gasteiger partial charge in [0.25, 0.3) is 0 Å². The molecule has 4 unspecified atom stereocenters. The van der Waals surface area contributed by atoms with Crippen molar-refractivity contribution in [3.05, 3.63) is 71.7 Å². The molecular weight excluding hydrogens is 474 g/mol. The normalized spacial score (nSPS) is 25.9. The molecule has 0 bridgehead atoms. The van der Waals surface area contributed by atoms with Gasteiger partial charge in [-0.1, -0.05) is 6.92 Å². The van der Waals surface area contributed by atoms with Gasteiger partial charge in [-0.15, -0.1) is 0 Å². The SMILES string of the molecule is CC1CC(c2ccncc2Nc2ncc3ccc(-c4c(F)cc(C5CC5)cc4F)nn23)CC(N)C1(C)O. The van der Waals surface area contributed by atoms with Crippen LogP contribution in [0, 0.1) is 17.6 Å². The molecule has 2 saturated carbocycles. The number of halogens is 2. The zero-order chi connectivity index (χ0) is 25.9. The van der Waals surface area contributed by atoms with Crippen molar-refractivity contribution in [2.45, 2.75) is 63.0 Å².